The topological polar surface area (TPSA) is 29.1 Å². The Morgan fingerprint density at radius 3 is 2.74 bits per heavy atom. The molecule has 0 bridgehead atoms. The lowest BCUT2D eigenvalue weighted by atomic mass is 9.93. The number of carbonyl (C=O) groups excluding carboxylic acids is 1. The van der Waals surface area contributed by atoms with Gasteiger partial charge in [-0.2, -0.15) is 0 Å². The van der Waals surface area contributed by atoms with Gasteiger partial charge in [-0.3, -0.25) is 4.79 Å². The van der Waals surface area contributed by atoms with E-state index in [1.54, 1.807) is 6.92 Å². The van der Waals surface area contributed by atoms with Gasteiger partial charge in [0, 0.05) is 5.92 Å². The first kappa shape index (κ1) is 13.7. The van der Waals surface area contributed by atoms with Gasteiger partial charge in [0.05, 0.1) is 6.04 Å². The molecule has 0 saturated carbocycles. The Bertz CT molecular complexity index is 499. The summed E-state index contributed by atoms with van der Waals surface area (Å²) in [5, 5.41) is 2.85. The lowest BCUT2D eigenvalue weighted by Crippen LogP contribution is -2.33. The number of carbonyl (C=O) groups is 1. The maximum Gasteiger partial charge on any atom is 0.223 e. The second kappa shape index (κ2) is 5.95. The molecule has 102 valence electrons. The molecule has 4 heteroatoms. The van der Waals surface area contributed by atoms with E-state index in [1.165, 1.54) is 6.07 Å². The molecule has 0 aromatic heterocycles. The average Bonchev–Trinajstić information content (AvgIpc) is 2.42. The molecular weight excluding hydrogens is 248 g/mol. The zero-order chi connectivity index (χ0) is 13.8. The molecule has 0 heterocycles. The second-order valence-corrected chi connectivity index (χ2v) is 4.89. The molecule has 1 aliphatic rings. The van der Waals surface area contributed by atoms with Crippen molar-refractivity contribution in [3.05, 3.63) is 47.5 Å². The minimum atomic E-state index is -0.890. The van der Waals surface area contributed by atoms with Crippen molar-refractivity contribution < 1.29 is 13.6 Å². The van der Waals surface area contributed by atoms with Gasteiger partial charge in [-0.25, -0.2) is 8.78 Å². The molecule has 0 saturated heterocycles. The van der Waals surface area contributed by atoms with Gasteiger partial charge in [-0.1, -0.05) is 18.2 Å². The Balaban J connectivity index is 1.99. The maximum atomic E-state index is 13.1. The minimum Gasteiger partial charge on any atom is -0.349 e. The van der Waals surface area contributed by atoms with Gasteiger partial charge in [0.1, 0.15) is 0 Å². The Morgan fingerprint density at radius 1 is 1.32 bits per heavy atom. The van der Waals surface area contributed by atoms with Crippen molar-refractivity contribution in [2.45, 2.75) is 32.2 Å². The highest BCUT2D eigenvalue weighted by atomic mass is 19.2. The predicted molar refractivity (Wildman–Crippen MR) is 69.4 cm³/mol. The van der Waals surface area contributed by atoms with Crippen LogP contribution in [0.4, 0.5) is 8.78 Å². The smallest absolute Gasteiger partial charge is 0.223 e. The molecule has 1 aromatic rings. The van der Waals surface area contributed by atoms with E-state index in [1.807, 2.05) is 6.08 Å². The number of amides is 1. The van der Waals surface area contributed by atoms with E-state index in [-0.39, 0.29) is 17.9 Å². The summed E-state index contributed by atoms with van der Waals surface area (Å²) in [4.78, 5) is 12.0. The summed E-state index contributed by atoms with van der Waals surface area (Å²) < 4.78 is 26.0. The summed E-state index contributed by atoms with van der Waals surface area (Å²) in [6, 6.07) is 3.37. The van der Waals surface area contributed by atoms with Crippen molar-refractivity contribution in [1.29, 1.82) is 0 Å². The molecule has 1 aromatic carbocycles. The maximum absolute atomic E-state index is 13.1. The molecule has 1 aliphatic carbocycles. The van der Waals surface area contributed by atoms with Crippen LogP contribution in [0.2, 0.25) is 0 Å². The van der Waals surface area contributed by atoms with Crippen molar-refractivity contribution in [2.24, 2.45) is 5.92 Å². The monoisotopic (exact) mass is 265 g/mol. The van der Waals surface area contributed by atoms with Crippen molar-refractivity contribution in [2.75, 3.05) is 0 Å². The standard InChI is InChI=1S/C15H17F2NO/c1-10(12-7-8-13(16)14(17)9-12)18-15(19)11-5-3-2-4-6-11/h2-3,7-11H,4-6H2,1H3,(H,18,19)/t10-,11+/m1/s1. The van der Waals surface area contributed by atoms with Crippen LogP contribution in [0, 0.1) is 17.6 Å². The highest BCUT2D eigenvalue weighted by Crippen LogP contribution is 2.21. The highest BCUT2D eigenvalue weighted by Gasteiger charge is 2.20. The van der Waals surface area contributed by atoms with Crippen LogP contribution >= 0.6 is 0 Å². The summed E-state index contributed by atoms with van der Waals surface area (Å²) in [5.74, 6) is -1.81. The van der Waals surface area contributed by atoms with Crippen LogP contribution in [0.15, 0.2) is 30.4 Å². The summed E-state index contributed by atoms with van der Waals surface area (Å²) in [5.41, 5.74) is 0.568. The van der Waals surface area contributed by atoms with Gasteiger partial charge >= 0.3 is 0 Å². The van der Waals surface area contributed by atoms with Gasteiger partial charge in [-0.15, -0.1) is 0 Å². The first-order valence-corrected chi connectivity index (χ1v) is 6.48. The molecule has 0 fully saturated rings. The highest BCUT2D eigenvalue weighted by molar-refractivity contribution is 5.79. The average molecular weight is 265 g/mol. The molecule has 1 amide bonds. The zero-order valence-electron chi connectivity index (χ0n) is 10.8. The number of hydrogen-bond donors (Lipinski definition) is 1. The second-order valence-electron chi connectivity index (χ2n) is 4.89. The lowest BCUT2D eigenvalue weighted by Gasteiger charge is -2.21. The van der Waals surface area contributed by atoms with Gasteiger partial charge in [-0.05, 0) is 43.9 Å². The van der Waals surface area contributed by atoms with E-state index in [0.717, 1.165) is 31.4 Å². The Labute approximate surface area is 111 Å². The molecule has 1 N–H and O–H groups in total. The zero-order valence-corrected chi connectivity index (χ0v) is 10.8. The van der Waals surface area contributed by atoms with E-state index < -0.39 is 11.6 Å². The van der Waals surface area contributed by atoms with E-state index in [0.29, 0.717) is 5.56 Å². The van der Waals surface area contributed by atoms with Gasteiger partial charge in [0.15, 0.2) is 11.6 Å². The van der Waals surface area contributed by atoms with Gasteiger partial charge in [0.25, 0.3) is 0 Å². The fourth-order valence-corrected chi connectivity index (χ4v) is 2.23. The first-order chi connectivity index (χ1) is 9.08. The fraction of sp³-hybridized carbons (Fsp3) is 0.400. The predicted octanol–water partition coefficient (Wildman–Crippen LogP) is 3.50. The van der Waals surface area contributed by atoms with Crippen LogP contribution in [0.25, 0.3) is 0 Å². The summed E-state index contributed by atoms with van der Waals surface area (Å²) in [6.45, 7) is 1.77. The summed E-state index contributed by atoms with van der Waals surface area (Å²) in [6.07, 6.45) is 6.58. The summed E-state index contributed by atoms with van der Waals surface area (Å²) >= 11 is 0. The van der Waals surface area contributed by atoms with Crippen molar-refractivity contribution in [1.82, 2.24) is 5.32 Å². The van der Waals surface area contributed by atoms with Gasteiger partial charge in [0.2, 0.25) is 5.91 Å². The molecule has 2 rings (SSSR count). The number of benzene rings is 1. The molecule has 0 unspecified atom stereocenters. The largest absolute Gasteiger partial charge is 0.349 e. The Morgan fingerprint density at radius 2 is 2.11 bits per heavy atom. The SMILES string of the molecule is C[C@@H](NC(=O)[C@H]1CC=CCC1)c1ccc(F)c(F)c1. The molecule has 2 nitrogen and oxygen atoms in total. The fourth-order valence-electron chi connectivity index (χ4n) is 2.23. The van der Waals surface area contributed by atoms with Crippen LogP contribution < -0.4 is 5.32 Å². The van der Waals surface area contributed by atoms with Crippen LogP contribution in [0.3, 0.4) is 0 Å². The van der Waals surface area contributed by atoms with Crippen LogP contribution in [0.5, 0.6) is 0 Å². The normalized spacial score (nSPS) is 20.1. The van der Waals surface area contributed by atoms with E-state index >= 15 is 0 Å². The van der Waals surface area contributed by atoms with E-state index in [4.69, 9.17) is 0 Å². The minimum absolute atomic E-state index is 0.0160. The Hall–Kier alpha value is -1.71. The van der Waals surface area contributed by atoms with Crippen molar-refractivity contribution in [3.63, 3.8) is 0 Å². The number of hydrogen-bond acceptors (Lipinski definition) is 1. The van der Waals surface area contributed by atoms with Crippen LogP contribution in [0.1, 0.15) is 37.8 Å². The number of rotatable bonds is 3. The molecule has 0 radical (unpaired) electrons. The third-order valence-corrected chi connectivity index (χ3v) is 3.44. The van der Waals surface area contributed by atoms with E-state index in [9.17, 15) is 13.6 Å². The van der Waals surface area contributed by atoms with Gasteiger partial charge < -0.3 is 5.32 Å². The van der Waals surface area contributed by atoms with E-state index in [2.05, 4.69) is 11.4 Å². The number of halogens is 2. The van der Waals surface area contributed by atoms with Crippen LogP contribution in [-0.2, 0) is 4.79 Å². The Kier molecular flexibility index (Phi) is 4.30. The molecule has 2 atom stereocenters. The number of nitrogens with one attached hydrogen (secondary N) is 1. The van der Waals surface area contributed by atoms with Crippen molar-refractivity contribution >= 4 is 5.91 Å². The summed E-state index contributed by atoms with van der Waals surface area (Å²) in [7, 11) is 0. The molecule has 0 aliphatic heterocycles. The quantitative estimate of drug-likeness (QED) is 0.833. The molecular formula is C15H17F2NO. The van der Waals surface area contributed by atoms with Crippen LogP contribution in [-0.4, -0.2) is 5.91 Å². The third-order valence-electron chi connectivity index (χ3n) is 3.44. The number of allylic oxidation sites excluding steroid dienone is 2. The first-order valence-electron chi connectivity index (χ1n) is 6.48. The molecule has 19 heavy (non-hydrogen) atoms. The lowest BCUT2D eigenvalue weighted by molar-refractivity contribution is -0.125. The molecule has 0 spiro atoms. The van der Waals surface area contributed by atoms with Crippen molar-refractivity contribution in [3.8, 4) is 0 Å². The third kappa shape index (κ3) is 3.40.